The third-order valence-electron chi connectivity index (χ3n) is 4.24. The van der Waals surface area contributed by atoms with Crippen LogP contribution in [0.25, 0.3) is 11.2 Å². The van der Waals surface area contributed by atoms with Crippen LogP contribution in [0.4, 0.5) is 0 Å². The molecule has 1 fully saturated rings. The summed E-state index contributed by atoms with van der Waals surface area (Å²) in [5.41, 5.74) is 1.72. The summed E-state index contributed by atoms with van der Waals surface area (Å²) >= 11 is 12.0. The Kier molecular flexibility index (Phi) is 4.38. The third-order valence-corrected chi connectivity index (χ3v) is 4.68. The molecule has 1 unspecified atom stereocenters. The summed E-state index contributed by atoms with van der Waals surface area (Å²) in [7, 11) is 0. The minimum atomic E-state index is 0.397. The molecule has 0 radical (unpaired) electrons. The van der Waals surface area contributed by atoms with Gasteiger partial charge in [0.1, 0.15) is 11.3 Å². The first-order valence-electron chi connectivity index (χ1n) is 7.39. The largest absolute Gasteiger partial charge is 0.311 e. The zero-order valence-corrected chi connectivity index (χ0v) is 13.9. The van der Waals surface area contributed by atoms with Gasteiger partial charge in [0.2, 0.25) is 0 Å². The van der Waals surface area contributed by atoms with Crippen LogP contribution in [0.3, 0.4) is 0 Å². The van der Waals surface area contributed by atoms with E-state index >= 15 is 0 Å². The van der Waals surface area contributed by atoms with Gasteiger partial charge in [-0.2, -0.15) is 0 Å². The first-order valence-corrected chi connectivity index (χ1v) is 8.30. The number of alkyl halides is 1. The maximum Gasteiger partial charge on any atom is 0.160 e. The second-order valence-electron chi connectivity index (χ2n) is 6.01. The van der Waals surface area contributed by atoms with E-state index in [0.29, 0.717) is 22.9 Å². The average Bonchev–Trinajstić information content (AvgIpc) is 3.04. The van der Waals surface area contributed by atoms with E-state index in [-0.39, 0.29) is 0 Å². The van der Waals surface area contributed by atoms with Crippen LogP contribution in [-0.4, -0.2) is 38.6 Å². The molecule has 1 saturated heterocycles. The van der Waals surface area contributed by atoms with Gasteiger partial charge in [-0.1, -0.05) is 11.6 Å². The number of imidazole rings is 1. The van der Waals surface area contributed by atoms with Crippen LogP contribution in [-0.2, 0) is 12.4 Å². The summed E-state index contributed by atoms with van der Waals surface area (Å²) in [6, 6.07) is 2.46. The Morgan fingerprint density at radius 3 is 2.90 bits per heavy atom. The summed E-state index contributed by atoms with van der Waals surface area (Å²) in [6.45, 7) is 7.74. The molecule has 1 aliphatic rings. The van der Waals surface area contributed by atoms with Gasteiger partial charge in [0, 0.05) is 25.3 Å². The Hall–Kier alpha value is -0.840. The van der Waals surface area contributed by atoms with E-state index < -0.39 is 0 Å². The van der Waals surface area contributed by atoms with Crippen molar-refractivity contribution in [3.63, 3.8) is 0 Å². The van der Waals surface area contributed by atoms with Crippen LogP contribution in [0.2, 0.25) is 5.02 Å². The highest BCUT2D eigenvalue weighted by molar-refractivity contribution is 6.31. The smallest absolute Gasteiger partial charge is 0.160 e. The van der Waals surface area contributed by atoms with Crippen molar-refractivity contribution in [3.8, 4) is 0 Å². The van der Waals surface area contributed by atoms with Crippen molar-refractivity contribution in [2.75, 3.05) is 13.1 Å². The fourth-order valence-electron chi connectivity index (χ4n) is 3.07. The lowest BCUT2D eigenvalue weighted by Gasteiger charge is -2.20. The van der Waals surface area contributed by atoms with Crippen molar-refractivity contribution in [1.82, 2.24) is 19.4 Å². The monoisotopic (exact) mass is 326 g/mol. The van der Waals surface area contributed by atoms with Crippen LogP contribution in [0.5, 0.6) is 0 Å². The van der Waals surface area contributed by atoms with Gasteiger partial charge >= 0.3 is 0 Å². The van der Waals surface area contributed by atoms with Crippen LogP contribution in [0.15, 0.2) is 12.3 Å². The van der Waals surface area contributed by atoms with E-state index in [1.807, 2.05) is 6.07 Å². The molecular weight excluding hydrogens is 307 g/mol. The van der Waals surface area contributed by atoms with Crippen molar-refractivity contribution in [1.29, 1.82) is 0 Å². The fraction of sp³-hybridized carbons (Fsp3) is 0.600. The second kappa shape index (κ2) is 6.11. The number of pyridine rings is 1. The number of hydrogen-bond acceptors (Lipinski definition) is 3. The summed E-state index contributed by atoms with van der Waals surface area (Å²) in [5, 5.41) is 0.611. The lowest BCUT2D eigenvalue weighted by Crippen LogP contribution is -2.28. The maximum atomic E-state index is 6.05. The second-order valence-corrected chi connectivity index (χ2v) is 6.72. The molecule has 0 amide bonds. The Labute approximate surface area is 135 Å². The summed E-state index contributed by atoms with van der Waals surface area (Å²) < 4.78 is 2.16. The Balaban J connectivity index is 1.86. The zero-order chi connectivity index (χ0) is 15.0. The molecule has 0 saturated carbocycles. The Morgan fingerprint density at radius 2 is 2.24 bits per heavy atom. The van der Waals surface area contributed by atoms with Gasteiger partial charge in [0.25, 0.3) is 0 Å². The Bertz CT molecular complexity index is 638. The molecule has 0 aliphatic carbocycles. The van der Waals surface area contributed by atoms with Crippen LogP contribution in [0, 0.1) is 5.92 Å². The molecule has 0 aromatic carbocycles. The molecule has 21 heavy (non-hydrogen) atoms. The van der Waals surface area contributed by atoms with E-state index in [2.05, 4.69) is 33.3 Å². The summed E-state index contributed by atoms with van der Waals surface area (Å²) in [5.74, 6) is 1.91. The quantitative estimate of drug-likeness (QED) is 0.805. The van der Waals surface area contributed by atoms with Gasteiger partial charge in [0.05, 0.1) is 10.9 Å². The third kappa shape index (κ3) is 3.03. The van der Waals surface area contributed by atoms with Gasteiger partial charge in [-0.25, -0.2) is 9.97 Å². The number of nitrogens with zero attached hydrogens (tertiary/aromatic N) is 4. The van der Waals surface area contributed by atoms with Crippen molar-refractivity contribution >= 4 is 34.4 Å². The van der Waals surface area contributed by atoms with E-state index in [1.54, 1.807) is 6.20 Å². The highest BCUT2D eigenvalue weighted by Crippen LogP contribution is 2.25. The lowest BCUT2D eigenvalue weighted by atomic mass is 10.1. The van der Waals surface area contributed by atoms with E-state index in [4.69, 9.17) is 23.2 Å². The number of likely N-dealkylation sites (tertiary alicyclic amines) is 1. The van der Waals surface area contributed by atoms with Gasteiger partial charge in [-0.15, -0.1) is 11.6 Å². The van der Waals surface area contributed by atoms with Gasteiger partial charge in [0.15, 0.2) is 5.65 Å². The first kappa shape index (κ1) is 15.1. The number of fused-ring (bicyclic) bond motifs is 1. The molecule has 2 aromatic heterocycles. The molecule has 1 atom stereocenters. The van der Waals surface area contributed by atoms with Crippen LogP contribution < -0.4 is 0 Å². The SMILES string of the molecule is CC(C)N1CCC(Cn2c(CCl)nc3cc(Cl)cnc32)C1. The van der Waals surface area contributed by atoms with Crippen LogP contribution in [0.1, 0.15) is 26.1 Å². The normalized spacial score (nSPS) is 20.0. The van der Waals surface area contributed by atoms with Gasteiger partial charge in [-0.05, 0) is 38.8 Å². The lowest BCUT2D eigenvalue weighted by molar-refractivity contribution is 0.261. The van der Waals surface area contributed by atoms with Crippen molar-refractivity contribution < 1.29 is 0 Å². The fourth-order valence-corrected chi connectivity index (χ4v) is 3.42. The van der Waals surface area contributed by atoms with Crippen molar-refractivity contribution in [3.05, 3.63) is 23.1 Å². The van der Waals surface area contributed by atoms with Gasteiger partial charge < -0.3 is 9.47 Å². The van der Waals surface area contributed by atoms with Crippen LogP contribution >= 0.6 is 23.2 Å². The number of rotatable bonds is 4. The molecule has 2 aromatic rings. The molecular formula is C15H20Cl2N4. The topological polar surface area (TPSA) is 34.0 Å². The van der Waals surface area contributed by atoms with Gasteiger partial charge in [-0.3, -0.25) is 0 Å². The van der Waals surface area contributed by atoms with Crippen molar-refractivity contribution in [2.45, 2.75) is 38.7 Å². The first-order chi connectivity index (χ1) is 10.1. The standard InChI is InChI=1S/C15H20Cl2N4/c1-10(2)20-4-3-11(8-20)9-21-14(6-16)19-13-5-12(17)7-18-15(13)21/h5,7,10-11H,3-4,6,8-9H2,1-2H3. The summed E-state index contributed by atoms with van der Waals surface area (Å²) in [4.78, 5) is 11.5. The summed E-state index contributed by atoms with van der Waals surface area (Å²) in [6.07, 6.45) is 2.89. The predicted octanol–water partition coefficient (Wildman–Crippen LogP) is 3.55. The molecule has 114 valence electrons. The van der Waals surface area contributed by atoms with E-state index in [1.165, 1.54) is 13.0 Å². The Morgan fingerprint density at radius 1 is 1.43 bits per heavy atom. The number of aromatic nitrogens is 3. The average molecular weight is 327 g/mol. The maximum absolute atomic E-state index is 6.05. The molecule has 6 heteroatoms. The number of halogens is 2. The molecule has 0 bridgehead atoms. The molecule has 0 spiro atoms. The van der Waals surface area contributed by atoms with E-state index in [9.17, 15) is 0 Å². The highest BCUT2D eigenvalue weighted by atomic mass is 35.5. The minimum Gasteiger partial charge on any atom is -0.311 e. The number of hydrogen-bond donors (Lipinski definition) is 0. The van der Waals surface area contributed by atoms with Crippen molar-refractivity contribution in [2.24, 2.45) is 5.92 Å². The van der Waals surface area contributed by atoms with E-state index in [0.717, 1.165) is 30.1 Å². The predicted molar refractivity (Wildman–Crippen MR) is 86.9 cm³/mol. The molecule has 3 rings (SSSR count). The zero-order valence-electron chi connectivity index (χ0n) is 12.4. The molecule has 3 heterocycles. The molecule has 4 nitrogen and oxygen atoms in total. The highest BCUT2D eigenvalue weighted by Gasteiger charge is 2.26. The minimum absolute atomic E-state index is 0.397. The molecule has 1 aliphatic heterocycles. The molecule has 0 N–H and O–H groups in total.